The van der Waals surface area contributed by atoms with Crippen molar-refractivity contribution >= 4 is 28.6 Å². The monoisotopic (exact) mass is 637 g/mol. The number of aryl methyl sites for hydroxylation is 1. The molecule has 0 atom stereocenters. The van der Waals surface area contributed by atoms with Gasteiger partial charge in [0.25, 0.3) is 0 Å². The molecule has 0 aliphatic heterocycles. The molecule has 0 radical (unpaired) electrons. The maximum absolute atomic E-state index is 14.3. The number of nitrogens with one attached hydrogen (secondary N) is 1. The molecule has 5 aromatic rings. The Morgan fingerprint density at radius 2 is 1.59 bits per heavy atom. The van der Waals surface area contributed by atoms with Gasteiger partial charge in [0, 0.05) is 23.9 Å². The number of anilines is 1. The van der Waals surface area contributed by atoms with Crippen molar-refractivity contribution in [3.63, 3.8) is 0 Å². The van der Waals surface area contributed by atoms with E-state index in [2.05, 4.69) is 5.32 Å². The minimum atomic E-state index is -4.87. The Labute approximate surface area is 259 Å². The van der Waals surface area contributed by atoms with Crippen LogP contribution in [0.15, 0.2) is 83.7 Å². The quantitative estimate of drug-likeness (QED) is 0.153. The van der Waals surface area contributed by atoms with E-state index in [1.54, 1.807) is 0 Å². The van der Waals surface area contributed by atoms with Gasteiger partial charge in [-0.25, -0.2) is 14.0 Å². The summed E-state index contributed by atoms with van der Waals surface area (Å²) in [6, 6.07) is 18.2. The smallest absolute Gasteiger partial charge is 0.416 e. The second-order valence-electron chi connectivity index (χ2n) is 10.2. The molecule has 46 heavy (non-hydrogen) atoms. The summed E-state index contributed by atoms with van der Waals surface area (Å²) < 4.78 is 74.5. The first kappa shape index (κ1) is 31.8. The van der Waals surface area contributed by atoms with Crippen molar-refractivity contribution in [1.29, 1.82) is 0 Å². The molecule has 0 saturated carbocycles. The van der Waals surface area contributed by atoms with Crippen LogP contribution in [0, 0.1) is 5.82 Å². The van der Waals surface area contributed by atoms with E-state index in [4.69, 9.17) is 14.2 Å². The lowest BCUT2D eigenvalue weighted by atomic mass is 9.95. The maximum atomic E-state index is 14.3. The Hall–Kier alpha value is -5.59. The van der Waals surface area contributed by atoms with E-state index in [1.807, 2.05) is 30.3 Å². The van der Waals surface area contributed by atoms with Crippen molar-refractivity contribution < 1.29 is 41.4 Å². The number of benzene rings is 4. The molecule has 0 aliphatic carbocycles. The number of ether oxygens (including phenoxy) is 3. The van der Waals surface area contributed by atoms with Gasteiger partial charge in [-0.1, -0.05) is 30.3 Å². The summed E-state index contributed by atoms with van der Waals surface area (Å²) in [5, 5.41) is 2.50. The van der Waals surface area contributed by atoms with Gasteiger partial charge in [-0.05, 0) is 54.1 Å². The van der Waals surface area contributed by atoms with E-state index in [0.717, 1.165) is 46.1 Å². The molecular weight excluding hydrogens is 610 g/mol. The highest BCUT2D eigenvalue weighted by Gasteiger charge is 2.34. The third-order valence-electron chi connectivity index (χ3n) is 7.23. The van der Waals surface area contributed by atoms with Crippen LogP contribution < -0.4 is 20.5 Å². The number of methoxy groups -OCH3 is 2. The van der Waals surface area contributed by atoms with E-state index in [-0.39, 0.29) is 51.5 Å². The maximum Gasteiger partial charge on any atom is 0.416 e. The number of esters is 1. The Balaban J connectivity index is 1.68. The molecular formula is C33H27F4N3O6. The second-order valence-corrected chi connectivity index (χ2v) is 10.2. The summed E-state index contributed by atoms with van der Waals surface area (Å²) in [5.74, 6) is -1.92. The van der Waals surface area contributed by atoms with E-state index >= 15 is 0 Å². The van der Waals surface area contributed by atoms with Gasteiger partial charge in [0.15, 0.2) is 11.5 Å². The fourth-order valence-electron chi connectivity index (χ4n) is 5.03. The highest BCUT2D eigenvalue weighted by atomic mass is 19.4. The molecule has 238 valence electrons. The number of rotatable bonds is 9. The van der Waals surface area contributed by atoms with Crippen LogP contribution in [0.25, 0.3) is 22.2 Å². The average Bonchev–Trinajstić information content (AvgIpc) is 3.28. The lowest BCUT2D eigenvalue weighted by Crippen LogP contribution is -2.28. The van der Waals surface area contributed by atoms with Gasteiger partial charge < -0.3 is 19.5 Å². The van der Waals surface area contributed by atoms with Gasteiger partial charge in [0.2, 0.25) is 5.91 Å². The van der Waals surface area contributed by atoms with Gasteiger partial charge in [-0.3, -0.25) is 13.9 Å². The zero-order valence-corrected chi connectivity index (χ0v) is 24.8. The third kappa shape index (κ3) is 6.43. The molecule has 0 unspecified atom stereocenters. The number of imidazole rings is 1. The highest BCUT2D eigenvalue weighted by Crippen LogP contribution is 2.42. The van der Waals surface area contributed by atoms with Crippen molar-refractivity contribution in [3.05, 3.63) is 112 Å². The first-order valence-electron chi connectivity index (χ1n) is 13.7. The molecule has 9 nitrogen and oxygen atoms in total. The van der Waals surface area contributed by atoms with Gasteiger partial charge in [0.1, 0.15) is 19.0 Å². The second kappa shape index (κ2) is 12.8. The standard InChI is InChI=1S/C33H27F4N3O6/c1-39-30-24(23-15-27(44-2)28(16-25(23)31(42)45-3)46-18-19-7-5-4-6-8-19)13-20(33(35,36)37)14-26(30)40(32(39)43)17-29(41)38-22-11-9-21(34)10-12-22/h4-16H,17-18H2,1-3H3,(H,38,41). The summed E-state index contributed by atoms with van der Waals surface area (Å²) in [6.45, 7) is -0.559. The molecule has 13 heteroatoms. The van der Waals surface area contributed by atoms with Crippen LogP contribution in [0.3, 0.4) is 0 Å². The van der Waals surface area contributed by atoms with Crippen molar-refractivity contribution in [3.8, 4) is 22.6 Å². The van der Waals surface area contributed by atoms with Gasteiger partial charge in [-0.2, -0.15) is 13.2 Å². The average molecular weight is 638 g/mol. The van der Waals surface area contributed by atoms with Gasteiger partial charge in [0.05, 0.1) is 36.4 Å². The fraction of sp³-hybridized carbons (Fsp3) is 0.182. The van der Waals surface area contributed by atoms with Crippen LogP contribution in [-0.4, -0.2) is 35.2 Å². The number of amides is 1. The largest absolute Gasteiger partial charge is 0.493 e. The molecule has 1 aromatic heterocycles. The first-order valence-corrected chi connectivity index (χ1v) is 13.7. The molecule has 0 saturated heterocycles. The number of fused-ring (bicyclic) bond motifs is 1. The van der Waals surface area contributed by atoms with E-state index in [0.29, 0.717) is 0 Å². The zero-order chi connectivity index (χ0) is 33.2. The lowest BCUT2D eigenvalue weighted by molar-refractivity contribution is -0.137. The fourth-order valence-corrected chi connectivity index (χ4v) is 5.03. The summed E-state index contributed by atoms with van der Waals surface area (Å²) in [6.07, 6.45) is -4.87. The Morgan fingerprint density at radius 1 is 0.891 bits per heavy atom. The van der Waals surface area contributed by atoms with E-state index in [1.165, 1.54) is 38.4 Å². The summed E-state index contributed by atoms with van der Waals surface area (Å²) >= 11 is 0. The number of aromatic nitrogens is 2. The number of nitrogens with zero attached hydrogens (tertiary/aromatic N) is 2. The predicted molar refractivity (Wildman–Crippen MR) is 161 cm³/mol. The van der Waals surface area contributed by atoms with Crippen LogP contribution in [0.4, 0.5) is 23.2 Å². The molecule has 0 spiro atoms. The third-order valence-corrected chi connectivity index (χ3v) is 7.23. The lowest BCUT2D eigenvalue weighted by Gasteiger charge is -2.18. The van der Waals surface area contributed by atoms with Crippen molar-refractivity contribution in [2.24, 2.45) is 7.05 Å². The van der Waals surface area contributed by atoms with Gasteiger partial charge in [-0.15, -0.1) is 0 Å². The molecule has 1 N–H and O–H groups in total. The highest BCUT2D eigenvalue weighted by molar-refractivity contribution is 6.04. The molecule has 1 heterocycles. The summed E-state index contributed by atoms with van der Waals surface area (Å²) in [7, 11) is 3.79. The summed E-state index contributed by atoms with van der Waals surface area (Å²) in [5.41, 5.74) is -1.42. The summed E-state index contributed by atoms with van der Waals surface area (Å²) in [4.78, 5) is 39.4. The van der Waals surface area contributed by atoms with Crippen LogP contribution >= 0.6 is 0 Å². The molecule has 0 fully saturated rings. The van der Waals surface area contributed by atoms with Crippen LogP contribution in [0.2, 0.25) is 0 Å². The van der Waals surface area contributed by atoms with Crippen LogP contribution in [0.1, 0.15) is 21.5 Å². The number of halogens is 4. The Morgan fingerprint density at radius 3 is 2.22 bits per heavy atom. The molecule has 1 amide bonds. The zero-order valence-electron chi connectivity index (χ0n) is 24.8. The van der Waals surface area contributed by atoms with Crippen molar-refractivity contribution in [1.82, 2.24) is 9.13 Å². The number of hydrogen-bond donors (Lipinski definition) is 1. The van der Waals surface area contributed by atoms with Crippen molar-refractivity contribution in [2.45, 2.75) is 19.3 Å². The van der Waals surface area contributed by atoms with E-state index < -0.39 is 41.7 Å². The van der Waals surface area contributed by atoms with Crippen LogP contribution in [-0.2, 0) is 35.9 Å². The number of carbonyl (C=O) groups excluding carboxylic acids is 2. The minimum absolute atomic E-state index is 0.0118. The first-order chi connectivity index (χ1) is 21.9. The molecule has 0 bridgehead atoms. The Kier molecular flexibility index (Phi) is 8.85. The predicted octanol–water partition coefficient (Wildman–Crippen LogP) is 6.18. The van der Waals surface area contributed by atoms with Crippen molar-refractivity contribution in [2.75, 3.05) is 19.5 Å². The van der Waals surface area contributed by atoms with Gasteiger partial charge >= 0.3 is 17.8 Å². The minimum Gasteiger partial charge on any atom is -0.493 e. The number of alkyl halides is 3. The van der Waals surface area contributed by atoms with E-state index in [9.17, 15) is 31.9 Å². The molecule has 4 aromatic carbocycles. The topological polar surface area (TPSA) is 101 Å². The van der Waals surface area contributed by atoms with Crippen LogP contribution in [0.5, 0.6) is 11.5 Å². The normalized spacial score (nSPS) is 11.4. The number of carbonyl (C=O) groups is 2. The molecule has 5 rings (SSSR count). The Bertz CT molecular complexity index is 1980. The molecule has 0 aliphatic rings. The number of hydrogen-bond acceptors (Lipinski definition) is 6. The SMILES string of the molecule is COC(=O)c1cc(OCc2ccccc2)c(OC)cc1-c1cc(C(F)(F)F)cc2c1n(C)c(=O)n2CC(=O)Nc1ccc(F)cc1.